The summed E-state index contributed by atoms with van der Waals surface area (Å²) >= 11 is 0. The molecule has 0 unspecified atom stereocenters. The first kappa shape index (κ1) is 24.3. The van der Waals surface area contributed by atoms with Crippen molar-refractivity contribution in [2.24, 2.45) is 0 Å². The smallest absolute Gasteiger partial charge is 0.407 e. The first-order valence-electron chi connectivity index (χ1n) is 11.4. The molecule has 0 aromatic heterocycles. The lowest BCUT2D eigenvalue weighted by Gasteiger charge is -2.28. The minimum absolute atomic E-state index is 0.0303. The molecule has 2 amide bonds. The fourth-order valence-corrected chi connectivity index (χ4v) is 4.32. The molecule has 2 aromatic rings. The van der Waals surface area contributed by atoms with Crippen molar-refractivity contribution in [2.45, 2.75) is 58.0 Å². The van der Waals surface area contributed by atoms with Crippen LogP contribution in [0, 0.1) is 0 Å². The number of benzene rings is 2. The topological polar surface area (TPSA) is 95.9 Å². The van der Waals surface area contributed by atoms with Gasteiger partial charge in [0.15, 0.2) is 0 Å². The van der Waals surface area contributed by atoms with Crippen LogP contribution >= 0.6 is 0 Å². The van der Waals surface area contributed by atoms with Crippen LogP contribution in [0.15, 0.2) is 48.5 Å². The second-order valence-electron chi connectivity index (χ2n) is 8.60. The molecule has 0 saturated heterocycles. The van der Waals surface area contributed by atoms with E-state index in [1.807, 2.05) is 45.0 Å². The molecule has 0 aliphatic heterocycles. The van der Waals surface area contributed by atoms with Gasteiger partial charge in [-0.25, -0.2) is 4.79 Å². The Balaban J connectivity index is 1.58. The Morgan fingerprint density at radius 1 is 1.03 bits per heavy atom. The van der Waals surface area contributed by atoms with Gasteiger partial charge in [0.2, 0.25) is 5.91 Å². The number of ether oxygens (including phenoxy) is 1. The van der Waals surface area contributed by atoms with Crippen LogP contribution in [0.2, 0.25) is 0 Å². The third-order valence-electron chi connectivity index (χ3n) is 6.09. The maximum absolute atomic E-state index is 12.7. The lowest BCUT2D eigenvalue weighted by molar-refractivity contribution is -0.139. The first-order chi connectivity index (χ1) is 15.8. The van der Waals surface area contributed by atoms with Gasteiger partial charge in [0.1, 0.15) is 6.61 Å². The number of aliphatic carboxylic acids is 1. The lowest BCUT2D eigenvalue weighted by Crippen LogP contribution is -2.44. The number of rotatable bonds is 10. The van der Waals surface area contributed by atoms with Crippen molar-refractivity contribution >= 4 is 18.0 Å². The van der Waals surface area contributed by atoms with Gasteiger partial charge in [-0.2, -0.15) is 0 Å². The van der Waals surface area contributed by atoms with Crippen LogP contribution in [-0.2, 0) is 14.3 Å². The third kappa shape index (κ3) is 5.92. The number of amides is 2. The van der Waals surface area contributed by atoms with Crippen molar-refractivity contribution in [3.05, 3.63) is 59.7 Å². The summed E-state index contributed by atoms with van der Waals surface area (Å²) in [6, 6.07) is 15.8. The molecule has 2 N–H and O–H groups in total. The Bertz CT molecular complexity index is 958. The summed E-state index contributed by atoms with van der Waals surface area (Å²) in [4.78, 5) is 37.7. The summed E-state index contributed by atoms with van der Waals surface area (Å²) in [6.07, 6.45) is -0.0158. The van der Waals surface area contributed by atoms with E-state index in [4.69, 9.17) is 9.84 Å². The number of alkyl carbamates (subject to hydrolysis) is 1. The van der Waals surface area contributed by atoms with Crippen LogP contribution < -0.4 is 5.32 Å². The normalized spacial score (nSPS) is 13.2. The van der Waals surface area contributed by atoms with Gasteiger partial charge in [-0.15, -0.1) is 0 Å². The Labute approximate surface area is 194 Å². The van der Waals surface area contributed by atoms with Crippen LogP contribution in [-0.4, -0.2) is 53.2 Å². The summed E-state index contributed by atoms with van der Waals surface area (Å²) in [6.45, 7) is 5.94. The molecule has 0 heterocycles. The summed E-state index contributed by atoms with van der Waals surface area (Å²) in [5, 5.41) is 11.7. The Morgan fingerprint density at radius 3 is 2.12 bits per heavy atom. The molecule has 1 atom stereocenters. The van der Waals surface area contributed by atoms with Crippen LogP contribution in [0.3, 0.4) is 0 Å². The van der Waals surface area contributed by atoms with Crippen molar-refractivity contribution in [1.82, 2.24) is 10.2 Å². The van der Waals surface area contributed by atoms with E-state index in [1.54, 1.807) is 0 Å². The predicted molar refractivity (Wildman–Crippen MR) is 126 cm³/mol. The van der Waals surface area contributed by atoms with Gasteiger partial charge < -0.3 is 20.1 Å². The van der Waals surface area contributed by atoms with E-state index in [0.717, 1.165) is 22.3 Å². The van der Waals surface area contributed by atoms with E-state index in [-0.39, 0.29) is 49.9 Å². The van der Waals surface area contributed by atoms with Crippen molar-refractivity contribution in [2.75, 3.05) is 13.2 Å². The predicted octanol–water partition coefficient (Wildman–Crippen LogP) is 4.41. The molecule has 2 aromatic carbocycles. The van der Waals surface area contributed by atoms with Crippen molar-refractivity contribution in [3.8, 4) is 11.1 Å². The number of nitrogens with zero attached hydrogens (tertiary/aromatic N) is 1. The van der Waals surface area contributed by atoms with Gasteiger partial charge in [-0.3, -0.25) is 9.59 Å². The highest BCUT2D eigenvalue weighted by Crippen LogP contribution is 2.44. The molecule has 0 saturated carbocycles. The Kier molecular flexibility index (Phi) is 8.09. The van der Waals surface area contributed by atoms with Crippen molar-refractivity contribution in [1.29, 1.82) is 0 Å². The molecule has 0 bridgehead atoms. The molecule has 33 heavy (non-hydrogen) atoms. The highest BCUT2D eigenvalue weighted by atomic mass is 16.5. The number of carboxylic acids is 1. The SMILES string of the molecule is CC[C@@H](CC(=O)N(CCC(=O)O)C(C)C)NC(=O)OCC1c2ccccc2-c2ccccc21. The molecule has 0 radical (unpaired) electrons. The van der Waals surface area contributed by atoms with Gasteiger partial charge in [0.05, 0.1) is 6.42 Å². The minimum atomic E-state index is -0.947. The molecule has 176 valence electrons. The van der Waals surface area contributed by atoms with Gasteiger partial charge >= 0.3 is 12.1 Å². The maximum Gasteiger partial charge on any atom is 0.407 e. The van der Waals surface area contributed by atoms with E-state index in [2.05, 4.69) is 29.6 Å². The zero-order chi connectivity index (χ0) is 24.0. The van der Waals surface area contributed by atoms with Crippen LogP contribution in [0.5, 0.6) is 0 Å². The quantitative estimate of drug-likeness (QED) is 0.557. The number of carbonyl (C=O) groups is 3. The highest BCUT2D eigenvalue weighted by Gasteiger charge is 2.29. The Morgan fingerprint density at radius 2 is 1.61 bits per heavy atom. The van der Waals surface area contributed by atoms with E-state index in [1.165, 1.54) is 4.90 Å². The molecular formula is C26H32N2O5. The summed E-state index contributed by atoms with van der Waals surface area (Å²) in [5.41, 5.74) is 4.60. The monoisotopic (exact) mass is 452 g/mol. The molecular weight excluding hydrogens is 420 g/mol. The highest BCUT2D eigenvalue weighted by molar-refractivity contribution is 5.80. The Hall–Kier alpha value is -3.35. The third-order valence-corrected chi connectivity index (χ3v) is 6.09. The van der Waals surface area contributed by atoms with Gasteiger partial charge in [-0.1, -0.05) is 55.5 Å². The van der Waals surface area contributed by atoms with Gasteiger partial charge in [-0.05, 0) is 42.5 Å². The van der Waals surface area contributed by atoms with Crippen LogP contribution in [0.4, 0.5) is 4.79 Å². The second-order valence-corrected chi connectivity index (χ2v) is 8.60. The van der Waals surface area contributed by atoms with Crippen molar-refractivity contribution in [3.63, 3.8) is 0 Å². The van der Waals surface area contributed by atoms with Gasteiger partial charge in [0.25, 0.3) is 0 Å². The molecule has 3 rings (SSSR count). The molecule has 7 nitrogen and oxygen atoms in total. The number of carboxylic acid groups (broad SMARTS) is 1. The van der Waals surface area contributed by atoms with E-state index in [9.17, 15) is 14.4 Å². The first-order valence-corrected chi connectivity index (χ1v) is 11.4. The maximum atomic E-state index is 12.7. The average molecular weight is 453 g/mol. The second kappa shape index (κ2) is 11.0. The molecule has 1 aliphatic rings. The zero-order valence-electron chi connectivity index (χ0n) is 19.4. The number of carbonyl (C=O) groups excluding carboxylic acids is 2. The zero-order valence-corrected chi connectivity index (χ0v) is 19.4. The number of hydrogen-bond donors (Lipinski definition) is 2. The average Bonchev–Trinajstić information content (AvgIpc) is 3.10. The minimum Gasteiger partial charge on any atom is -0.481 e. The fourth-order valence-electron chi connectivity index (χ4n) is 4.32. The van der Waals surface area contributed by atoms with Crippen LogP contribution in [0.1, 0.15) is 57.1 Å². The molecule has 7 heteroatoms. The fraction of sp³-hybridized carbons (Fsp3) is 0.423. The summed E-state index contributed by atoms with van der Waals surface area (Å²) in [5.74, 6) is -1.16. The number of fused-ring (bicyclic) bond motifs is 3. The van der Waals surface area contributed by atoms with Gasteiger partial charge in [0, 0.05) is 31.0 Å². The standard InChI is InChI=1S/C26H32N2O5/c1-4-18(15-24(29)28(17(2)3)14-13-25(30)31)27-26(32)33-16-23-21-11-7-5-9-19(21)20-10-6-8-12-22(20)23/h5-12,17-18,23H,4,13-16H2,1-3H3,(H,27,32)(H,30,31)/t18-/m0/s1. The number of hydrogen-bond acceptors (Lipinski definition) is 4. The largest absolute Gasteiger partial charge is 0.481 e. The molecule has 1 aliphatic carbocycles. The van der Waals surface area contributed by atoms with E-state index >= 15 is 0 Å². The number of nitrogens with one attached hydrogen (secondary N) is 1. The summed E-state index contributed by atoms with van der Waals surface area (Å²) < 4.78 is 5.59. The van der Waals surface area contributed by atoms with Crippen molar-refractivity contribution < 1.29 is 24.2 Å². The lowest BCUT2D eigenvalue weighted by atomic mass is 9.98. The molecule has 0 spiro atoms. The van der Waals surface area contributed by atoms with E-state index < -0.39 is 12.1 Å². The van der Waals surface area contributed by atoms with E-state index in [0.29, 0.717) is 6.42 Å². The summed E-state index contributed by atoms with van der Waals surface area (Å²) in [7, 11) is 0. The van der Waals surface area contributed by atoms with Crippen LogP contribution in [0.25, 0.3) is 11.1 Å². The molecule has 0 fully saturated rings.